The summed E-state index contributed by atoms with van der Waals surface area (Å²) in [6, 6.07) is 0. The third-order valence-corrected chi connectivity index (χ3v) is 0.792. The summed E-state index contributed by atoms with van der Waals surface area (Å²) in [5.41, 5.74) is 1.94. The first-order valence-corrected chi connectivity index (χ1v) is 2.58. The van der Waals surface area contributed by atoms with Crippen LogP contribution in [0.2, 0.25) is 0 Å². The van der Waals surface area contributed by atoms with E-state index in [1.54, 1.807) is 7.12 Å². The Labute approximate surface area is 40.9 Å². The van der Waals surface area contributed by atoms with Crippen molar-refractivity contribution in [3.05, 3.63) is 0 Å². The van der Waals surface area contributed by atoms with Crippen LogP contribution in [0.4, 0.5) is 4.79 Å². The number of carbonyl (C=O) groups excluding carboxylic acids is 1. The standard InChI is InChI=1S/CH5BN2OS/c2-6-1(5)4-3/h2-3H2,(H,4,5). The number of nitrogens with one attached hydrogen (secondary N) is 1. The van der Waals surface area contributed by atoms with Crippen LogP contribution in [0.25, 0.3) is 0 Å². The van der Waals surface area contributed by atoms with E-state index in [4.69, 9.17) is 0 Å². The molecule has 3 nitrogen and oxygen atoms in total. The molecule has 0 bridgehead atoms. The highest BCUT2D eigenvalue weighted by molar-refractivity contribution is 8.31. The van der Waals surface area contributed by atoms with E-state index in [-0.39, 0.29) is 5.24 Å². The normalized spacial score (nSPS) is 7.50. The topological polar surface area (TPSA) is 55.1 Å². The number of carbonyl (C=O) groups is 1. The Morgan fingerprint density at radius 3 is 2.50 bits per heavy atom. The predicted molar refractivity (Wildman–Crippen MR) is 28.9 cm³/mol. The average Bonchev–Trinajstić information content (AvgIpc) is 1.65. The summed E-state index contributed by atoms with van der Waals surface area (Å²) in [4.78, 5) is 9.91. The molecule has 5 heteroatoms. The van der Waals surface area contributed by atoms with Crippen molar-refractivity contribution in [3.63, 3.8) is 0 Å². The van der Waals surface area contributed by atoms with Crippen molar-refractivity contribution in [2.24, 2.45) is 5.84 Å². The fourth-order valence-corrected chi connectivity index (χ4v) is 0.177. The van der Waals surface area contributed by atoms with E-state index >= 15 is 0 Å². The van der Waals surface area contributed by atoms with Crippen molar-refractivity contribution in [2.45, 2.75) is 0 Å². The van der Waals surface area contributed by atoms with Crippen molar-refractivity contribution in [1.29, 1.82) is 0 Å². The zero-order chi connectivity index (χ0) is 4.99. The van der Waals surface area contributed by atoms with Gasteiger partial charge < -0.3 is 0 Å². The largest absolute Gasteiger partial charge is 0.286 e. The van der Waals surface area contributed by atoms with Crippen molar-refractivity contribution < 1.29 is 4.79 Å². The van der Waals surface area contributed by atoms with E-state index in [0.717, 1.165) is 11.6 Å². The first-order valence-electron chi connectivity index (χ1n) is 1.36. The Morgan fingerprint density at radius 1 is 2.00 bits per heavy atom. The van der Waals surface area contributed by atoms with E-state index in [0.29, 0.717) is 0 Å². The second kappa shape index (κ2) is 3.05. The van der Waals surface area contributed by atoms with E-state index < -0.39 is 0 Å². The van der Waals surface area contributed by atoms with Crippen LogP contribution >= 0.6 is 11.6 Å². The van der Waals surface area contributed by atoms with E-state index in [1.165, 1.54) is 0 Å². The number of rotatable bonds is 0. The highest BCUT2D eigenvalue weighted by atomic mass is 32.2. The van der Waals surface area contributed by atoms with Gasteiger partial charge in [0.15, 0.2) is 7.12 Å². The predicted octanol–water partition coefficient (Wildman–Crippen LogP) is -1.15. The third kappa shape index (κ3) is 2.11. The lowest BCUT2D eigenvalue weighted by molar-refractivity contribution is 0.261. The van der Waals surface area contributed by atoms with E-state index in [1.807, 2.05) is 5.43 Å². The SMILES string of the molecule is BSC(=O)NN. The van der Waals surface area contributed by atoms with Crippen molar-refractivity contribution in [2.75, 3.05) is 0 Å². The average molecular weight is 104 g/mol. The van der Waals surface area contributed by atoms with Gasteiger partial charge >= 0.3 is 0 Å². The molecule has 0 aromatic heterocycles. The maximum atomic E-state index is 9.91. The Morgan fingerprint density at radius 2 is 2.50 bits per heavy atom. The first-order chi connectivity index (χ1) is 2.81. The van der Waals surface area contributed by atoms with Gasteiger partial charge in [0.1, 0.15) is 0 Å². The molecular weight excluding hydrogens is 98.9 g/mol. The van der Waals surface area contributed by atoms with Crippen LogP contribution in [-0.4, -0.2) is 12.4 Å². The van der Waals surface area contributed by atoms with Gasteiger partial charge in [-0.05, 0) is 0 Å². The summed E-state index contributed by atoms with van der Waals surface area (Å²) >= 11 is 1.05. The monoisotopic (exact) mass is 104 g/mol. The van der Waals surface area contributed by atoms with Crippen LogP contribution in [0.15, 0.2) is 0 Å². The zero-order valence-corrected chi connectivity index (χ0v) is 4.21. The zero-order valence-electron chi connectivity index (χ0n) is 3.39. The second-order valence-electron chi connectivity index (χ2n) is 0.636. The molecule has 0 aliphatic rings. The fourth-order valence-electron chi connectivity index (χ4n) is 0.0589. The van der Waals surface area contributed by atoms with Gasteiger partial charge in [-0.25, -0.2) is 5.84 Å². The van der Waals surface area contributed by atoms with Gasteiger partial charge in [0, 0.05) is 0 Å². The molecule has 0 spiro atoms. The van der Waals surface area contributed by atoms with E-state index in [9.17, 15) is 4.79 Å². The van der Waals surface area contributed by atoms with E-state index in [2.05, 4.69) is 5.84 Å². The summed E-state index contributed by atoms with van der Waals surface area (Å²) in [6.07, 6.45) is 0. The Hall–Kier alpha value is -0.155. The Kier molecular flexibility index (Phi) is 2.97. The van der Waals surface area contributed by atoms with Gasteiger partial charge in [-0.2, -0.15) is 0 Å². The molecule has 34 valence electrons. The molecule has 0 saturated carbocycles. The molecule has 0 fully saturated rings. The van der Waals surface area contributed by atoms with Crippen LogP contribution in [0.5, 0.6) is 0 Å². The molecule has 1 amide bonds. The van der Waals surface area contributed by atoms with Crippen LogP contribution in [0, 0.1) is 0 Å². The molecule has 0 aromatic carbocycles. The summed E-state index contributed by atoms with van der Waals surface area (Å²) < 4.78 is 0. The molecule has 0 saturated heterocycles. The minimum Gasteiger partial charge on any atom is -0.286 e. The minimum atomic E-state index is -0.213. The number of amides is 1. The van der Waals surface area contributed by atoms with Crippen LogP contribution in [0.1, 0.15) is 0 Å². The van der Waals surface area contributed by atoms with Crippen molar-refractivity contribution in [3.8, 4) is 0 Å². The molecular formula is CH5BN2OS. The van der Waals surface area contributed by atoms with Gasteiger partial charge in [-0.3, -0.25) is 10.2 Å². The minimum absolute atomic E-state index is 0.213. The Balaban J connectivity index is 2.99. The smallest absolute Gasteiger partial charge is 0.281 e. The molecule has 6 heavy (non-hydrogen) atoms. The summed E-state index contributed by atoms with van der Waals surface area (Å²) in [5.74, 6) is 4.66. The number of hydrogen-bond acceptors (Lipinski definition) is 3. The molecule has 0 unspecified atom stereocenters. The fraction of sp³-hybridized carbons (Fsp3) is 0. The van der Waals surface area contributed by atoms with Crippen LogP contribution in [-0.2, 0) is 0 Å². The first kappa shape index (κ1) is 5.84. The highest BCUT2D eigenvalue weighted by Crippen LogP contribution is 1.86. The lowest BCUT2D eigenvalue weighted by Gasteiger charge is -1.87. The summed E-state index contributed by atoms with van der Waals surface area (Å²) in [6.45, 7) is 0. The molecule has 0 heterocycles. The second-order valence-corrected chi connectivity index (χ2v) is 1.41. The summed E-state index contributed by atoms with van der Waals surface area (Å²) in [5, 5.41) is -0.213. The molecule has 0 atom stereocenters. The summed E-state index contributed by atoms with van der Waals surface area (Å²) in [7, 11) is 1.65. The number of nitrogens with two attached hydrogens (primary N) is 1. The number of hydrogen-bond donors (Lipinski definition) is 2. The third-order valence-electron chi connectivity index (χ3n) is 0.303. The maximum Gasteiger partial charge on any atom is 0.281 e. The van der Waals surface area contributed by atoms with Gasteiger partial charge in [0.05, 0.1) is 0 Å². The number of hydrazine groups is 1. The molecule has 0 radical (unpaired) electrons. The highest BCUT2D eigenvalue weighted by Gasteiger charge is 1.85. The molecule has 0 aliphatic carbocycles. The van der Waals surface area contributed by atoms with Crippen molar-refractivity contribution >= 4 is 24.0 Å². The Bertz CT molecular complexity index is 51.5. The lowest BCUT2D eigenvalue weighted by atomic mass is 10.8. The van der Waals surface area contributed by atoms with Crippen LogP contribution < -0.4 is 11.3 Å². The maximum absolute atomic E-state index is 9.91. The molecule has 0 aromatic rings. The lowest BCUT2D eigenvalue weighted by Crippen LogP contribution is -2.25. The quantitative estimate of drug-likeness (QED) is 0.176. The van der Waals surface area contributed by atoms with Gasteiger partial charge in [-0.1, -0.05) is 0 Å². The van der Waals surface area contributed by atoms with Crippen molar-refractivity contribution in [1.82, 2.24) is 5.43 Å². The van der Waals surface area contributed by atoms with Gasteiger partial charge in [-0.15, -0.1) is 11.6 Å². The van der Waals surface area contributed by atoms with Crippen LogP contribution in [0.3, 0.4) is 0 Å². The molecule has 0 rings (SSSR count). The molecule has 0 aliphatic heterocycles. The molecule has 3 N–H and O–H groups in total. The van der Waals surface area contributed by atoms with Gasteiger partial charge in [0.2, 0.25) is 0 Å². The van der Waals surface area contributed by atoms with Gasteiger partial charge in [0.25, 0.3) is 5.24 Å².